The molecule has 1 aromatic carbocycles. The van der Waals surface area contributed by atoms with Crippen LogP contribution in [0.5, 0.6) is 5.75 Å². The van der Waals surface area contributed by atoms with Gasteiger partial charge in [-0.3, -0.25) is 9.59 Å². The molecule has 0 spiro atoms. The van der Waals surface area contributed by atoms with Crippen LogP contribution in [-0.4, -0.2) is 48.4 Å². The number of methoxy groups -OCH3 is 1. The van der Waals surface area contributed by atoms with Gasteiger partial charge in [0.25, 0.3) is 0 Å². The predicted molar refractivity (Wildman–Crippen MR) is 106 cm³/mol. The second-order valence-electron chi connectivity index (χ2n) is 6.10. The Morgan fingerprint density at radius 1 is 1.28 bits per heavy atom. The Hall–Kier alpha value is -1.34. The van der Waals surface area contributed by atoms with Crippen molar-refractivity contribution in [1.29, 1.82) is 0 Å². The third-order valence-corrected chi connectivity index (χ3v) is 7.08. The van der Waals surface area contributed by atoms with Crippen molar-refractivity contribution in [3.05, 3.63) is 24.3 Å². The minimum absolute atomic E-state index is 0.0262. The van der Waals surface area contributed by atoms with Crippen LogP contribution in [0, 0.1) is 0 Å². The van der Waals surface area contributed by atoms with E-state index in [2.05, 4.69) is 5.32 Å². The second kappa shape index (κ2) is 10.6. The molecule has 1 saturated heterocycles. The molecule has 1 aliphatic rings. The van der Waals surface area contributed by atoms with E-state index in [0.29, 0.717) is 12.1 Å². The molecular weight excluding hydrogens is 356 g/mol. The van der Waals surface area contributed by atoms with E-state index in [0.717, 1.165) is 23.8 Å². The van der Waals surface area contributed by atoms with Crippen LogP contribution >= 0.6 is 21.6 Å². The van der Waals surface area contributed by atoms with E-state index in [1.54, 1.807) is 38.4 Å². The summed E-state index contributed by atoms with van der Waals surface area (Å²) in [5.41, 5.74) is 0.693. The average molecular weight is 383 g/mol. The first-order valence-electron chi connectivity index (χ1n) is 8.54. The molecule has 1 fully saturated rings. The van der Waals surface area contributed by atoms with Crippen LogP contribution in [0.1, 0.15) is 32.1 Å². The lowest BCUT2D eigenvalue weighted by Gasteiger charge is -2.17. The number of anilines is 1. The zero-order chi connectivity index (χ0) is 18.1. The Kier molecular flexibility index (Phi) is 8.48. The molecule has 0 unspecified atom stereocenters. The molecule has 25 heavy (non-hydrogen) atoms. The largest absolute Gasteiger partial charge is 0.497 e. The fraction of sp³-hybridized carbons (Fsp3) is 0.556. The van der Waals surface area contributed by atoms with E-state index in [1.807, 2.05) is 21.6 Å². The zero-order valence-corrected chi connectivity index (χ0v) is 16.5. The van der Waals surface area contributed by atoms with Crippen molar-refractivity contribution in [3.63, 3.8) is 0 Å². The quantitative estimate of drug-likeness (QED) is 0.520. The maximum atomic E-state index is 12.1. The van der Waals surface area contributed by atoms with E-state index in [-0.39, 0.29) is 18.4 Å². The van der Waals surface area contributed by atoms with Crippen molar-refractivity contribution in [2.24, 2.45) is 0 Å². The molecule has 2 amide bonds. The van der Waals surface area contributed by atoms with E-state index in [4.69, 9.17) is 4.74 Å². The van der Waals surface area contributed by atoms with Gasteiger partial charge in [0.15, 0.2) is 0 Å². The van der Waals surface area contributed by atoms with Crippen molar-refractivity contribution in [3.8, 4) is 5.75 Å². The number of likely N-dealkylation sites (N-methyl/N-ethyl adjacent to an activating group) is 1. The number of unbranched alkanes of at least 4 members (excludes halogenated alkanes) is 1. The Morgan fingerprint density at radius 3 is 2.68 bits per heavy atom. The highest BCUT2D eigenvalue weighted by atomic mass is 33.1. The highest BCUT2D eigenvalue weighted by Crippen LogP contribution is 2.39. The van der Waals surface area contributed by atoms with Gasteiger partial charge in [0.2, 0.25) is 11.8 Å². The molecule has 1 aromatic rings. The number of amides is 2. The molecule has 0 aromatic heterocycles. The molecule has 1 heterocycles. The van der Waals surface area contributed by atoms with E-state index in [9.17, 15) is 9.59 Å². The summed E-state index contributed by atoms with van der Waals surface area (Å²) in [5, 5.41) is 3.55. The summed E-state index contributed by atoms with van der Waals surface area (Å²) < 4.78 is 5.08. The first-order chi connectivity index (χ1) is 12.1. The maximum absolute atomic E-state index is 12.1. The van der Waals surface area contributed by atoms with E-state index < -0.39 is 0 Å². The first-order valence-corrected chi connectivity index (χ1v) is 10.9. The number of nitrogens with zero attached hydrogens (tertiary/aromatic N) is 1. The molecule has 0 aliphatic carbocycles. The van der Waals surface area contributed by atoms with Crippen molar-refractivity contribution >= 4 is 39.1 Å². The Labute approximate surface area is 157 Å². The Bertz CT molecular complexity index is 560. The molecule has 1 aliphatic heterocycles. The third-order valence-electron chi connectivity index (χ3n) is 4.07. The van der Waals surface area contributed by atoms with Crippen LogP contribution in [0.25, 0.3) is 0 Å². The Morgan fingerprint density at radius 2 is 2.04 bits per heavy atom. The summed E-state index contributed by atoms with van der Waals surface area (Å²) in [5.74, 6) is 1.82. The fourth-order valence-electron chi connectivity index (χ4n) is 2.58. The number of hydrogen-bond donors (Lipinski definition) is 1. The number of carbonyl (C=O) groups excluding carboxylic acids is 2. The van der Waals surface area contributed by atoms with Gasteiger partial charge in [-0.2, -0.15) is 0 Å². The molecule has 0 radical (unpaired) electrons. The van der Waals surface area contributed by atoms with Gasteiger partial charge in [0, 0.05) is 30.2 Å². The number of benzene rings is 1. The predicted octanol–water partition coefficient (Wildman–Crippen LogP) is 3.81. The molecular formula is C18H26N2O3S2. The van der Waals surface area contributed by atoms with Gasteiger partial charge >= 0.3 is 0 Å². The highest BCUT2D eigenvalue weighted by molar-refractivity contribution is 8.77. The van der Waals surface area contributed by atoms with Gasteiger partial charge in [0.1, 0.15) is 5.75 Å². The molecule has 5 nitrogen and oxygen atoms in total. The monoisotopic (exact) mass is 382 g/mol. The van der Waals surface area contributed by atoms with Crippen LogP contribution in [0.15, 0.2) is 24.3 Å². The molecule has 1 atom stereocenters. The van der Waals surface area contributed by atoms with Gasteiger partial charge in [-0.05, 0) is 43.5 Å². The second-order valence-corrected chi connectivity index (χ2v) is 8.89. The number of hydrogen-bond acceptors (Lipinski definition) is 5. The van der Waals surface area contributed by atoms with Crippen LogP contribution in [0.2, 0.25) is 0 Å². The number of nitrogens with one attached hydrogen (secondary N) is 1. The maximum Gasteiger partial charge on any atom is 0.243 e. The minimum atomic E-state index is -0.194. The molecule has 7 heteroatoms. The number of ether oxygens (including phenoxy) is 1. The lowest BCUT2D eigenvalue weighted by atomic mass is 10.1. The lowest BCUT2D eigenvalue weighted by molar-refractivity contribution is -0.133. The molecule has 1 N–H and O–H groups in total. The topological polar surface area (TPSA) is 58.6 Å². The summed E-state index contributed by atoms with van der Waals surface area (Å²) in [4.78, 5) is 25.7. The smallest absolute Gasteiger partial charge is 0.243 e. The first kappa shape index (κ1) is 20.0. The fourth-order valence-corrected chi connectivity index (χ4v) is 5.61. The standard InChI is InChI=1S/C18H26N2O3S2/c1-20(18(22)6-4-3-5-16-11-12-24-25-16)13-17(21)19-14-7-9-15(23-2)10-8-14/h7-10,16H,3-6,11-13H2,1-2H3,(H,19,21)/t16-/m0/s1. The van der Waals surface area contributed by atoms with Crippen LogP contribution < -0.4 is 10.1 Å². The summed E-state index contributed by atoms with van der Waals surface area (Å²) in [6.07, 6.45) is 4.96. The van der Waals surface area contributed by atoms with E-state index in [1.165, 1.54) is 23.5 Å². The zero-order valence-electron chi connectivity index (χ0n) is 14.8. The van der Waals surface area contributed by atoms with Crippen molar-refractivity contribution in [1.82, 2.24) is 4.90 Å². The van der Waals surface area contributed by atoms with Gasteiger partial charge in [-0.15, -0.1) is 0 Å². The number of carbonyl (C=O) groups is 2. The van der Waals surface area contributed by atoms with Crippen LogP contribution in [0.4, 0.5) is 5.69 Å². The van der Waals surface area contributed by atoms with E-state index >= 15 is 0 Å². The van der Waals surface area contributed by atoms with Crippen molar-refractivity contribution in [2.75, 3.05) is 31.8 Å². The molecule has 0 saturated carbocycles. The van der Waals surface area contributed by atoms with Gasteiger partial charge < -0.3 is 15.0 Å². The summed E-state index contributed by atoms with van der Waals surface area (Å²) in [6.45, 7) is 0.0694. The summed E-state index contributed by atoms with van der Waals surface area (Å²) in [7, 11) is 7.21. The van der Waals surface area contributed by atoms with Gasteiger partial charge in [-0.1, -0.05) is 28.0 Å². The van der Waals surface area contributed by atoms with Crippen molar-refractivity contribution < 1.29 is 14.3 Å². The lowest BCUT2D eigenvalue weighted by Crippen LogP contribution is -2.34. The third kappa shape index (κ3) is 7.20. The number of rotatable bonds is 9. The normalized spacial score (nSPS) is 16.5. The van der Waals surface area contributed by atoms with Gasteiger partial charge in [0.05, 0.1) is 13.7 Å². The molecule has 0 bridgehead atoms. The van der Waals surface area contributed by atoms with Crippen molar-refractivity contribution in [2.45, 2.75) is 37.4 Å². The summed E-state index contributed by atoms with van der Waals surface area (Å²) in [6, 6.07) is 7.12. The summed E-state index contributed by atoms with van der Waals surface area (Å²) >= 11 is 0. The van der Waals surface area contributed by atoms with Crippen LogP contribution in [0.3, 0.4) is 0 Å². The highest BCUT2D eigenvalue weighted by Gasteiger charge is 2.17. The van der Waals surface area contributed by atoms with Gasteiger partial charge in [-0.25, -0.2) is 0 Å². The Balaban J connectivity index is 1.63. The average Bonchev–Trinajstić information content (AvgIpc) is 3.12. The minimum Gasteiger partial charge on any atom is -0.497 e. The van der Waals surface area contributed by atoms with Crippen LogP contribution in [-0.2, 0) is 9.59 Å². The molecule has 2 rings (SSSR count). The molecule has 138 valence electrons. The SMILES string of the molecule is COc1ccc(NC(=O)CN(C)C(=O)CCCC[C@H]2CCSS2)cc1.